The van der Waals surface area contributed by atoms with E-state index in [1.807, 2.05) is 18.7 Å². The van der Waals surface area contributed by atoms with Crippen molar-refractivity contribution in [1.29, 1.82) is 0 Å². The second kappa shape index (κ2) is 17.2. The summed E-state index contributed by atoms with van der Waals surface area (Å²) < 4.78 is 110. The monoisotopic (exact) mass is 889 g/mol. The molecule has 63 heavy (non-hydrogen) atoms. The molecule has 0 fully saturated rings. The molecule has 0 N–H and O–H groups in total. The van der Waals surface area contributed by atoms with Crippen molar-refractivity contribution in [2.24, 2.45) is 0 Å². The van der Waals surface area contributed by atoms with E-state index in [-0.39, 0.29) is 35.3 Å². The molecule has 2 aliphatic rings. The Morgan fingerprint density at radius 3 is 2.14 bits per heavy atom. The molecule has 0 radical (unpaired) electrons. The molecule has 332 valence electrons. The van der Waals surface area contributed by atoms with Crippen LogP contribution < -0.4 is 19.3 Å². The van der Waals surface area contributed by atoms with Gasteiger partial charge in [-0.3, -0.25) is 9.48 Å². The second-order valence-electron chi connectivity index (χ2n) is 15.8. The maximum Gasteiger partial charge on any atom is 0.418 e. The van der Waals surface area contributed by atoms with Gasteiger partial charge in [-0.2, -0.15) is 18.3 Å². The number of anilines is 4. The number of nitrogens with zero attached hydrogens (tertiary/aromatic N) is 7. The summed E-state index contributed by atoms with van der Waals surface area (Å²) in [5.41, 5.74) is 1.16. The van der Waals surface area contributed by atoms with Crippen molar-refractivity contribution in [3.8, 4) is 23.3 Å². The Hall–Kier alpha value is -6.19. The van der Waals surface area contributed by atoms with Gasteiger partial charge in [-0.15, -0.1) is 5.92 Å². The fourth-order valence-electron chi connectivity index (χ4n) is 8.09. The number of alkyl halides is 3. The fraction of sp³-hybridized carbons (Fsp3) is 0.378. The molecule has 2 aromatic heterocycles. The van der Waals surface area contributed by atoms with Crippen LogP contribution >= 0.6 is 0 Å². The number of hydrogen-bond acceptors (Lipinski definition) is 11. The van der Waals surface area contributed by atoms with E-state index < -0.39 is 62.8 Å². The SMILES string of the molecule is CC#Cc1cc(N(c2cc(C)ccc2OC)c2cc(C)ccc2OC)c(F)c([C@@H]2Cc3nc(S(C)(=O)=O)nc(N4CCCn5nc(C(=O)N(C)C)c(C)c5C4)c3CO2)c1C(F)(F)F. The van der Waals surface area contributed by atoms with Crippen LogP contribution in [0.15, 0.2) is 47.6 Å². The van der Waals surface area contributed by atoms with Crippen LogP contribution in [-0.2, 0) is 46.9 Å². The van der Waals surface area contributed by atoms with Crippen LogP contribution in [0.25, 0.3) is 0 Å². The van der Waals surface area contributed by atoms with Crippen molar-refractivity contribution in [2.45, 2.75) is 77.7 Å². The lowest BCUT2D eigenvalue weighted by atomic mass is 9.90. The van der Waals surface area contributed by atoms with Gasteiger partial charge in [0.1, 0.15) is 17.3 Å². The van der Waals surface area contributed by atoms with Crippen molar-refractivity contribution < 1.29 is 45.0 Å². The topological polar surface area (TPSA) is 132 Å². The van der Waals surface area contributed by atoms with E-state index in [2.05, 4.69) is 26.9 Å². The molecular weight excluding hydrogens is 843 g/mol. The van der Waals surface area contributed by atoms with Crippen molar-refractivity contribution in [1.82, 2.24) is 24.6 Å². The Morgan fingerprint density at radius 1 is 0.952 bits per heavy atom. The molecule has 18 heteroatoms. The highest BCUT2D eigenvalue weighted by Gasteiger charge is 2.44. The minimum Gasteiger partial charge on any atom is -0.495 e. The van der Waals surface area contributed by atoms with Gasteiger partial charge in [0.05, 0.1) is 67.5 Å². The van der Waals surface area contributed by atoms with E-state index in [9.17, 15) is 13.2 Å². The number of methoxy groups -OCH3 is 2. The quantitative estimate of drug-likeness (QED) is 0.0812. The van der Waals surface area contributed by atoms with Gasteiger partial charge in [0, 0.05) is 62.1 Å². The highest BCUT2D eigenvalue weighted by molar-refractivity contribution is 7.90. The highest BCUT2D eigenvalue weighted by Crippen LogP contribution is 2.51. The predicted octanol–water partition coefficient (Wildman–Crippen LogP) is 7.94. The van der Waals surface area contributed by atoms with Crippen LogP contribution in [0.4, 0.5) is 40.4 Å². The molecule has 0 aliphatic carbocycles. The maximum absolute atomic E-state index is 18.0. The molecular formula is C45H47F4N7O6S. The van der Waals surface area contributed by atoms with E-state index >= 15 is 17.6 Å². The zero-order chi connectivity index (χ0) is 45.7. The second-order valence-corrected chi connectivity index (χ2v) is 17.7. The third-order valence-corrected chi connectivity index (χ3v) is 11.9. The molecule has 0 unspecified atom stereocenters. The fourth-order valence-corrected chi connectivity index (χ4v) is 8.62. The summed E-state index contributed by atoms with van der Waals surface area (Å²) in [7, 11) is 2.03. The molecule has 0 bridgehead atoms. The summed E-state index contributed by atoms with van der Waals surface area (Å²) in [6.07, 6.45) is -5.75. The number of carbonyl (C=O) groups excluding carboxylic acids is 1. The molecule has 5 aromatic rings. The molecule has 7 rings (SSSR count). The van der Waals surface area contributed by atoms with Gasteiger partial charge in [-0.1, -0.05) is 18.1 Å². The summed E-state index contributed by atoms with van der Waals surface area (Å²) in [6, 6.07) is 11.4. The van der Waals surface area contributed by atoms with Crippen LogP contribution in [-0.4, -0.2) is 80.1 Å². The lowest BCUT2D eigenvalue weighted by Crippen LogP contribution is -2.30. The molecule has 0 spiro atoms. The van der Waals surface area contributed by atoms with Gasteiger partial charge >= 0.3 is 6.18 Å². The van der Waals surface area contributed by atoms with E-state index in [0.29, 0.717) is 59.2 Å². The molecule has 1 atom stereocenters. The van der Waals surface area contributed by atoms with Gasteiger partial charge in [0.2, 0.25) is 15.0 Å². The molecule has 13 nitrogen and oxygen atoms in total. The molecule has 1 amide bonds. The molecule has 2 aliphatic heterocycles. The van der Waals surface area contributed by atoms with Gasteiger partial charge in [-0.05, 0) is 75.6 Å². The van der Waals surface area contributed by atoms with Crippen molar-refractivity contribution >= 4 is 38.6 Å². The van der Waals surface area contributed by atoms with E-state index in [0.717, 1.165) is 23.4 Å². The first-order valence-electron chi connectivity index (χ1n) is 20.0. The lowest BCUT2D eigenvalue weighted by Gasteiger charge is -2.34. The van der Waals surface area contributed by atoms with Gasteiger partial charge < -0.3 is 28.9 Å². The average Bonchev–Trinajstić information content (AvgIpc) is 3.37. The predicted molar refractivity (Wildman–Crippen MR) is 228 cm³/mol. The molecule has 4 heterocycles. The minimum absolute atomic E-state index is 0.0771. The van der Waals surface area contributed by atoms with Crippen LogP contribution in [0.2, 0.25) is 0 Å². The Morgan fingerprint density at radius 2 is 1.59 bits per heavy atom. The number of amides is 1. The summed E-state index contributed by atoms with van der Waals surface area (Å²) >= 11 is 0. The number of rotatable bonds is 9. The summed E-state index contributed by atoms with van der Waals surface area (Å²) in [5.74, 6) is 4.38. The first-order chi connectivity index (χ1) is 29.8. The first kappa shape index (κ1) is 44.9. The summed E-state index contributed by atoms with van der Waals surface area (Å²) in [6.45, 7) is 7.41. The van der Waals surface area contributed by atoms with E-state index in [4.69, 9.17) is 14.2 Å². The van der Waals surface area contributed by atoms with Gasteiger partial charge in [0.15, 0.2) is 11.5 Å². The number of sulfone groups is 1. The smallest absolute Gasteiger partial charge is 0.418 e. The standard InChI is InChI=1S/C45H47F4N7O6S/c1-10-12-28-21-33(56(31-19-25(2)13-15-35(31)60-7)32-20-26(3)14-16-36(32)61-8)40(46)38(39(28)45(47,48)49)37-22-30-29(24-62-37)42(51-44(50-30)63(9,58)59)54-17-11-18-55-34(23-54)27(4)41(52-55)43(57)53(5)6/h13-16,19-21,37H,11,17-18,22-24H2,1-9H3/t37-/m0/s1. The van der Waals surface area contributed by atoms with Crippen molar-refractivity contribution in [3.63, 3.8) is 0 Å². The number of aromatic nitrogens is 4. The number of benzene rings is 3. The Kier molecular flexibility index (Phi) is 12.2. The zero-order valence-electron chi connectivity index (χ0n) is 36.4. The van der Waals surface area contributed by atoms with Crippen LogP contribution in [0, 0.1) is 38.4 Å². The van der Waals surface area contributed by atoms with Crippen LogP contribution in [0.1, 0.15) is 80.3 Å². The Bertz CT molecular complexity index is 2760. The first-order valence-corrected chi connectivity index (χ1v) is 21.9. The largest absolute Gasteiger partial charge is 0.495 e. The number of ether oxygens (including phenoxy) is 3. The van der Waals surface area contributed by atoms with E-state index in [1.165, 1.54) is 30.9 Å². The number of aryl methyl sites for hydroxylation is 3. The Balaban J connectivity index is 1.44. The number of fused-ring (bicyclic) bond motifs is 2. The third-order valence-electron chi connectivity index (χ3n) is 11.1. The highest BCUT2D eigenvalue weighted by atomic mass is 32.2. The third kappa shape index (κ3) is 8.51. The molecule has 0 saturated carbocycles. The Labute approximate surface area is 363 Å². The molecule has 3 aromatic carbocycles. The summed E-state index contributed by atoms with van der Waals surface area (Å²) in [4.78, 5) is 26.6. The van der Waals surface area contributed by atoms with Crippen molar-refractivity contribution in [3.05, 3.63) is 104 Å². The number of halogens is 4. The number of hydrogen-bond donors (Lipinski definition) is 0. The summed E-state index contributed by atoms with van der Waals surface area (Å²) in [5, 5.41) is 4.03. The zero-order valence-corrected chi connectivity index (χ0v) is 37.2. The average molecular weight is 890 g/mol. The van der Waals surface area contributed by atoms with Gasteiger partial charge in [0.25, 0.3) is 5.91 Å². The maximum atomic E-state index is 18.0. The van der Waals surface area contributed by atoms with Gasteiger partial charge in [-0.25, -0.2) is 22.8 Å². The normalized spacial score (nSPS) is 15.1. The van der Waals surface area contributed by atoms with Crippen LogP contribution in [0.5, 0.6) is 11.5 Å². The lowest BCUT2D eigenvalue weighted by molar-refractivity contribution is -0.140. The molecule has 0 saturated heterocycles. The van der Waals surface area contributed by atoms with Crippen molar-refractivity contribution in [2.75, 3.05) is 50.9 Å². The number of carbonyl (C=O) groups is 1. The minimum atomic E-state index is -5.13. The van der Waals surface area contributed by atoms with Crippen LogP contribution in [0.3, 0.4) is 0 Å². The van der Waals surface area contributed by atoms with E-state index in [1.54, 1.807) is 62.1 Å².